The fourth-order valence-corrected chi connectivity index (χ4v) is 4.47. The molecular weight excluding hydrogens is 310 g/mol. The van der Waals surface area contributed by atoms with E-state index < -0.39 is 0 Å². The van der Waals surface area contributed by atoms with Crippen LogP contribution in [0.4, 0.5) is 5.95 Å². The van der Waals surface area contributed by atoms with E-state index in [0.717, 1.165) is 28.5 Å². The summed E-state index contributed by atoms with van der Waals surface area (Å²) < 4.78 is 0. The number of piperidine rings is 3. The molecule has 2 aromatic heterocycles. The van der Waals surface area contributed by atoms with Gasteiger partial charge in [-0.3, -0.25) is 4.90 Å². The highest BCUT2D eigenvalue weighted by Crippen LogP contribution is 2.33. The Labute approximate surface area is 147 Å². The Bertz CT molecular complexity index is 874. The maximum atomic E-state index is 4.58. The molecule has 6 rings (SSSR count). The van der Waals surface area contributed by atoms with Crippen LogP contribution in [-0.2, 0) is 0 Å². The normalized spacial score (nSPS) is 28.4. The van der Waals surface area contributed by atoms with Crippen LogP contribution in [0.3, 0.4) is 0 Å². The molecule has 1 aromatic carbocycles. The SMILES string of the molecule is CC1C(Nc2ncc(-c3ccc4cc[nH]c4c3)cn2)C2CCN1CC2. The first-order valence-electron chi connectivity index (χ1n) is 9.18. The van der Waals surface area contributed by atoms with Crippen molar-refractivity contribution < 1.29 is 0 Å². The smallest absolute Gasteiger partial charge is 0.222 e. The number of benzene rings is 1. The van der Waals surface area contributed by atoms with Gasteiger partial charge in [0, 0.05) is 41.8 Å². The maximum absolute atomic E-state index is 4.58. The van der Waals surface area contributed by atoms with Crippen LogP contribution in [0, 0.1) is 5.92 Å². The van der Waals surface area contributed by atoms with E-state index in [1.54, 1.807) is 0 Å². The van der Waals surface area contributed by atoms with Crippen molar-refractivity contribution in [3.05, 3.63) is 42.9 Å². The van der Waals surface area contributed by atoms with Gasteiger partial charge in [-0.2, -0.15) is 0 Å². The largest absolute Gasteiger partial charge is 0.361 e. The highest BCUT2D eigenvalue weighted by atomic mass is 15.2. The lowest BCUT2D eigenvalue weighted by Crippen LogP contribution is -2.59. The fourth-order valence-electron chi connectivity index (χ4n) is 4.47. The second-order valence-corrected chi connectivity index (χ2v) is 7.36. The van der Waals surface area contributed by atoms with Crippen molar-refractivity contribution in [2.75, 3.05) is 18.4 Å². The zero-order valence-corrected chi connectivity index (χ0v) is 14.4. The third-order valence-electron chi connectivity index (χ3n) is 6.01. The summed E-state index contributed by atoms with van der Waals surface area (Å²) in [4.78, 5) is 15.0. The van der Waals surface area contributed by atoms with E-state index in [1.165, 1.54) is 31.3 Å². The van der Waals surface area contributed by atoms with Gasteiger partial charge in [-0.25, -0.2) is 9.97 Å². The lowest BCUT2D eigenvalue weighted by molar-refractivity contribution is 0.0455. The Hall–Kier alpha value is -2.40. The Morgan fingerprint density at radius 1 is 1.08 bits per heavy atom. The summed E-state index contributed by atoms with van der Waals surface area (Å²) in [5.74, 6) is 1.49. The van der Waals surface area contributed by atoms with E-state index >= 15 is 0 Å². The molecule has 5 heteroatoms. The Morgan fingerprint density at radius 2 is 1.88 bits per heavy atom. The molecule has 0 saturated carbocycles. The number of rotatable bonds is 3. The molecule has 0 aliphatic carbocycles. The number of anilines is 1. The Morgan fingerprint density at radius 3 is 2.64 bits per heavy atom. The molecule has 3 aliphatic rings. The molecule has 3 fully saturated rings. The van der Waals surface area contributed by atoms with Crippen LogP contribution in [0.1, 0.15) is 19.8 Å². The van der Waals surface area contributed by atoms with E-state index in [1.807, 2.05) is 18.6 Å². The van der Waals surface area contributed by atoms with E-state index in [9.17, 15) is 0 Å². The number of nitrogens with one attached hydrogen (secondary N) is 2. The lowest BCUT2D eigenvalue weighted by atomic mass is 9.79. The van der Waals surface area contributed by atoms with Crippen molar-refractivity contribution in [2.45, 2.75) is 31.8 Å². The third kappa shape index (κ3) is 2.59. The molecule has 2 atom stereocenters. The van der Waals surface area contributed by atoms with Gasteiger partial charge in [0.1, 0.15) is 0 Å². The number of H-pyrrole nitrogens is 1. The van der Waals surface area contributed by atoms with Crippen molar-refractivity contribution in [3.63, 3.8) is 0 Å². The minimum atomic E-state index is 0.462. The number of fused-ring (bicyclic) bond motifs is 4. The number of hydrogen-bond acceptors (Lipinski definition) is 4. The van der Waals surface area contributed by atoms with Gasteiger partial charge in [0.25, 0.3) is 0 Å². The van der Waals surface area contributed by atoms with Crippen LogP contribution < -0.4 is 5.32 Å². The second-order valence-electron chi connectivity index (χ2n) is 7.36. The zero-order valence-electron chi connectivity index (χ0n) is 14.4. The van der Waals surface area contributed by atoms with E-state index in [4.69, 9.17) is 0 Å². The maximum Gasteiger partial charge on any atom is 0.222 e. The quantitative estimate of drug-likeness (QED) is 0.770. The predicted octanol–water partition coefficient (Wildman–Crippen LogP) is 3.52. The van der Waals surface area contributed by atoms with E-state index in [2.05, 4.69) is 56.4 Å². The summed E-state index contributed by atoms with van der Waals surface area (Å²) >= 11 is 0. The molecule has 2 N–H and O–H groups in total. The highest BCUT2D eigenvalue weighted by molar-refractivity contribution is 5.84. The average molecular weight is 333 g/mol. The molecule has 3 aromatic rings. The first-order valence-corrected chi connectivity index (χ1v) is 9.18. The van der Waals surface area contributed by atoms with E-state index in [-0.39, 0.29) is 0 Å². The molecule has 0 radical (unpaired) electrons. The average Bonchev–Trinajstić information content (AvgIpc) is 3.13. The molecular formula is C20H23N5. The second kappa shape index (κ2) is 5.85. The van der Waals surface area contributed by atoms with Crippen LogP contribution in [0.5, 0.6) is 0 Å². The standard InChI is InChI=1S/C20H23N5/c1-13-19(15-5-8-25(13)9-6-15)24-20-22-11-17(12-23-20)16-3-2-14-4-7-21-18(14)10-16/h2-4,7,10-13,15,19,21H,5-6,8-9H2,1H3,(H,22,23,24). The van der Waals surface area contributed by atoms with Gasteiger partial charge in [-0.1, -0.05) is 12.1 Å². The minimum Gasteiger partial charge on any atom is -0.361 e. The van der Waals surface area contributed by atoms with Gasteiger partial charge < -0.3 is 10.3 Å². The predicted molar refractivity (Wildman–Crippen MR) is 100 cm³/mol. The van der Waals surface area contributed by atoms with Crippen LogP contribution in [0.15, 0.2) is 42.9 Å². The molecule has 128 valence electrons. The summed E-state index contributed by atoms with van der Waals surface area (Å²) in [6.45, 7) is 4.80. The summed E-state index contributed by atoms with van der Waals surface area (Å²) in [6.07, 6.45) is 8.39. The molecule has 5 nitrogen and oxygen atoms in total. The number of hydrogen-bond donors (Lipinski definition) is 2. The molecule has 25 heavy (non-hydrogen) atoms. The topological polar surface area (TPSA) is 56.8 Å². The fraction of sp³-hybridized carbons (Fsp3) is 0.400. The molecule has 2 bridgehead atoms. The van der Waals surface area contributed by atoms with Crippen LogP contribution in [-0.4, -0.2) is 45.0 Å². The van der Waals surface area contributed by atoms with Crippen molar-refractivity contribution in [2.24, 2.45) is 5.92 Å². The van der Waals surface area contributed by atoms with Crippen LogP contribution in [0.25, 0.3) is 22.0 Å². The zero-order chi connectivity index (χ0) is 16.8. The van der Waals surface area contributed by atoms with Crippen molar-refractivity contribution in [1.29, 1.82) is 0 Å². The van der Waals surface area contributed by atoms with Crippen LogP contribution >= 0.6 is 0 Å². The molecule has 3 saturated heterocycles. The lowest BCUT2D eigenvalue weighted by Gasteiger charge is -2.49. The van der Waals surface area contributed by atoms with Crippen molar-refractivity contribution in [3.8, 4) is 11.1 Å². The Balaban J connectivity index is 1.36. The van der Waals surface area contributed by atoms with Crippen molar-refractivity contribution in [1.82, 2.24) is 19.9 Å². The minimum absolute atomic E-state index is 0.462. The summed E-state index contributed by atoms with van der Waals surface area (Å²) in [7, 11) is 0. The Kier molecular flexibility index (Phi) is 3.48. The molecule has 5 heterocycles. The van der Waals surface area contributed by atoms with Gasteiger partial charge in [0.2, 0.25) is 5.95 Å². The summed E-state index contributed by atoms with van der Waals surface area (Å²) in [5.41, 5.74) is 3.32. The molecule has 2 unspecified atom stereocenters. The molecule has 3 aliphatic heterocycles. The molecule has 0 spiro atoms. The van der Waals surface area contributed by atoms with Gasteiger partial charge >= 0.3 is 0 Å². The summed E-state index contributed by atoms with van der Waals surface area (Å²) in [5, 5.41) is 4.82. The molecule has 0 amide bonds. The van der Waals surface area contributed by atoms with Crippen molar-refractivity contribution >= 4 is 16.9 Å². The first kappa shape index (κ1) is 14.9. The first-order chi connectivity index (χ1) is 12.3. The monoisotopic (exact) mass is 333 g/mol. The van der Waals surface area contributed by atoms with Gasteiger partial charge in [-0.05, 0) is 61.9 Å². The number of aromatic amines is 1. The summed E-state index contributed by atoms with van der Waals surface area (Å²) in [6, 6.07) is 9.50. The van der Waals surface area contributed by atoms with Gasteiger partial charge in [-0.15, -0.1) is 0 Å². The highest BCUT2D eigenvalue weighted by Gasteiger charge is 2.39. The van der Waals surface area contributed by atoms with Gasteiger partial charge in [0.05, 0.1) is 0 Å². The number of aromatic nitrogens is 3. The van der Waals surface area contributed by atoms with E-state index in [0.29, 0.717) is 12.1 Å². The van der Waals surface area contributed by atoms with Gasteiger partial charge in [0.15, 0.2) is 0 Å². The third-order valence-corrected chi connectivity index (χ3v) is 6.01. The van der Waals surface area contributed by atoms with Crippen LogP contribution in [0.2, 0.25) is 0 Å². The number of nitrogens with zero attached hydrogens (tertiary/aromatic N) is 3.